The van der Waals surface area contributed by atoms with Gasteiger partial charge in [-0.25, -0.2) is 0 Å². The molecule has 5 rings (SSSR count). The Balaban J connectivity index is 1.92. The molecule has 0 saturated heterocycles. The molecule has 0 unspecified atom stereocenters. The zero-order chi connectivity index (χ0) is 19.0. The summed E-state index contributed by atoms with van der Waals surface area (Å²) in [5.41, 5.74) is 3.73. The van der Waals surface area contributed by atoms with Gasteiger partial charge in [0, 0.05) is 5.41 Å². The van der Waals surface area contributed by atoms with Crippen LogP contribution in [0.3, 0.4) is 0 Å². The van der Waals surface area contributed by atoms with Crippen LogP contribution in [0.2, 0.25) is 0 Å². The predicted molar refractivity (Wildman–Crippen MR) is 120 cm³/mol. The van der Waals surface area contributed by atoms with Gasteiger partial charge in [-0.3, -0.25) is 0 Å². The van der Waals surface area contributed by atoms with Gasteiger partial charge in [0.05, 0.1) is 0 Å². The molecule has 28 heavy (non-hydrogen) atoms. The lowest BCUT2D eigenvalue weighted by molar-refractivity contribution is 0.706. The molecule has 0 heteroatoms. The highest BCUT2D eigenvalue weighted by Gasteiger charge is 2.33. The van der Waals surface area contributed by atoms with Crippen LogP contribution in [0.25, 0.3) is 21.5 Å². The van der Waals surface area contributed by atoms with Crippen molar-refractivity contribution in [3.8, 4) is 0 Å². The Morgan fingerprint density at radius 3 is 1.39 bits per heavy atom. The summed E-state index contributed by atoms with van der Waals surface area (Å²) >= 11 is 0. The Morgan fingerprint density at radius 1 is 0.429 bits per heavy atom. The van der Waals surface area contributed by atoms with Crippen molar-refractivity contribution >= 4 is 21.5 Å². The van der Waals surface area contributed by atoms with Crippen LogP contribution in [0, 0.1) is 0 Å². The summed E-state index contributed by atoms with van der Waals surface area (Å²) in [6.45, 7) is 2.37. The van der Waals surface area contributed by atoms with E-state index in [2.05, 4.69) is 122 Å². The van der Waals surface area contributed by atoms with Crippen molar-refractivity contribution in [3.63, 3.8) is 0 Å². The molecule has 0 aromatic heterocycles. The molecule has 0 spiro atoms. The molecule has 0 heterocycles. The van der Waals surface area contributed by atoms with Crippen molar-refractivity contribution < 1.29 is 0 Å². The van der Waals surface area contributed by atoms with Crippen LogP contribution >= 0.6 is 0 Å². The molecular formula is C28H22. The smallest absolute Gasteiger partial charge is 0.0435 e. The van der Waals surface area contributed by atoms with E-state index in [0.29, 0.717) is 0 Å². The summed E-state index contributed by atoms with van der Waals surface area (Å²) in [6, 6.07) is 41.6. The van der Waals surface area contributed by atoms with Crippen LogP contribution < -0.4 is 0 Å². The molecule has 0 fully saturated rings. The minimum absolute atomic E-state index is 0.261. The van der Waals surface area contributed by atoms with Gasteiger partial charge in [-0.2, -0.15) is 0 Å². The molecule has 134 valence electrons. The normalized spacial score (nSPS) is 11.8. The van der Waals surface area contributed by atoms with Crippen molar-refractivity contribution in [2.45, 2.75) is 12.3 Å². The Bertz CT molecular complexity index is 1180. The first-order valence-electron chi connectivity index (χ1n) is 9.80. The Kier molecular flexibility index (Phi) is 3.98. The van der Waals surface area contributed by atoms with Gasteiger partial charge in [0.2, 0.25) is 0 Å². The van der Waals surface area contributed by atoms with Crippen LogP contribution in [-0.4, -0.2) is 0 Å². The van der Waals surface area contributed by atoms with Crippen LogP contribution in [0.1, 0.15) is 23.6 Å². The second-order valence-electron chi connectivity index (χ2n) is 7.54. The molecule has 0 saturated carbocycles. The van der Waals surface area contributed by atoms with Crippen LogP contribution in [-0.2, 0) is 5.41 Å². The fraction of sp³-hybridized carbons (Fsp3) is 0.0714. The summed E-state index contributed by atoms with van der Waals surface area (Å²) in [6.07, 6.45) is 0. The lowest BCUT2D eigenvalue weighted by Gasteiger charge is -2.34. The highest BCUT2D eigenvalue weighted by Crippen LogP contribution is 2.44. The Morgan fingerprint density at radius 2 is 0.857 bits per heavy atom. The molecule has 0 radical (unpaired) electrons. The third kappa shape index (κ3) is 2.53. The molecule has 0 nitrogen and oxygen atoms in total. The first kappa shape index (κ1) is 16.8. The van der Waals surface area contributed by atoms with E-state index in [-0.39, 0.29) is 5.41 Å². The van der Waals surface area contributed by atoms with E-state index in [1.165, 1.54) is 38.2 Å². The molecule has 0 N–H and O–H groups in total. The maximum absolute atomic E-state index is 2.37. The van der Waals surface area contributed by atoms with Crippen molar-refractivity contribution in [1.29, 1.82) is 0 Å². The molecule has 0 aliphatic heterocycles. The topological polar surface area (TPSA) is 0 Å². The second-order valence-corrected chi connectivity index (χ2v) is 7.54. The van der Waals surface area contributed by atoms with E-state index < -0.39 is 0 Å². The van der Waals surface area contributed by atoms with E-state index in [1.54, 1.807) is 0 Å². The maximum atomic E-state index is 2.37. The minimum Gasteiger partial charge on any atom is -0.0622 e. The van der Waals surface area contributed by atoms with Crippen molar-refractivity contribution in [2.75, 3.05) is 0 Å². The molecule has 0 atom stereocenters. The quantitative estimate of drug-likeness (QED) is 0.296. The largest absolute Gasteiger partial charge is 0.0622 e. The van der Waals surface area contributed by atoms with E-state index in [9.17, 15) is 0 Å². The van der Waals surface area contributed by atoms with E-state index in [1.807, 2.05) is 0 Å². The number of benzene rings is 5. The third-order valence-electron chi connectivity index (χ3n) is 6.01. The van der Waals surface area contributed by atoms with Crippen LogP contribution in [0.15, 0.2) is 115 Å². The van der Waals surface area contributed by atoms with E-state index in [4.69, 9.17) is 0 Å². The van der Waals surface area contributed by atoms with Gasteiger partial charge in [0.15, 0.2) is 0 Å². The SMILES string of the molecule is CC(c1ccccc1)(c1cccc2ccccc12)c1cccc2ccccc12. The first-order chi connectivity index (χ1) is 13.8. The highest BCUT2D eigenvalue weighted by atomic mass is 14.4. The number of rotatable bonds is 3. The molecule has 5 aromatic carbocycles. The summed E-state index contributed by atoms with van der Waals surface area (Å²) in [7, 11) is 0. The van der Waals surface area contributed by atoms with Gasteiger partial charge in [0.25, 0.3) is 0 Å². The van der Waals surface area contributed by atoms with Gasteiger partial charge in [-0.1, -0.05) is 115 Å². The Hall–Kier alpha value is -3.38. The standard InChI is InChI=1S/C28H22/c1-28(23-15-3-2-4-16-23,26-19-9-13-21-11-5-7-17-24(21)26)27-20-10-14-22-12-6-8-18-25(22)27/h2-20H,1H3. The summed E-state index contributed by atoms with van der Waals surface area (Å²) in [4.78, 5) is 0. The van der Waals surface area contributed by atoms with Gasteiger partial charge in [-0.15, -0.1) is 0 Å². The second kappa shape index (κ2) is 6.65. The maximum Gasteiger partial charge on any atom is 0.0435 e. The third-order valence-corrected chi connectivity index (χ3v) is 6.01. The van der Waals surface area contributed by atoms with Gasteiger partial charge < -0.3 is 0 Å². The zero-order valence-corrected chi connectivity index (χ0v) is 16.0. The van der Waals surface area contributed by atoms with Crippen molar-refractivity contribution in [2.24, 2.45) is 0 Å². The zero-order valence-electron chi connectivity index (χ0n) is 16.0. The lowest BCUT2D eigenvalue weighted by atomic mass is 9.68. The average Bonchev–Trinajstić information content (AvgIpc) is 2.78. The lowest BCUT2D eigenvalue weighted by Crippen LogP contribution is -2.26. The summed E-state index contributed by atoms with van der Waals surface area (Å²) in [5.74, 6) is 0. The Labute approximate surface area is 166 Å². The van der Waals surface area contributed by atoms with E-state index in [0.717, 1.165) is 0 Å². The highest BCUT2D eigenvalue weighted by molar-refractivity contribution is 5.92. The molecule has 0 amide bonds. The predicted octanol–water partition coefficient (Wildman–Crippen LogP) is 7.35. The van der Waals surface area contributed by atoms with Gasteiger partial charge in [-0.05, 0) is 45.2 Å². The molecule has 0 bridgehead atoms. The van der Waals surface area contributed by atoms with E-state index >= 15 is 0 Å². The van der Waals surface area contributed by atoms with Crippen LogP contribution in [0.5, 0.6) is 0 Å². The molecule has 0 aliphatic carbocycles. The molecule has 0 aliphatic rings. The summed E-state index contributed by atoms with van der Waals surface area (Å²) < 4.78 is 0. The fourth-order valence-corrected chi connectivity index (χ4v) is 4.55. The van der Waals surface area contributed by atoms with Crippen molar-refractivity contribution in [3.05, 3.63) is 132 Å². The first-order valence-corrected chi connectivity index (χ1v) is 9.80. The molecule has 5 aromatic rings. The number of hydrogen-bond acceptors (Lipinski definition) is 0. The van der Waals surface area contributed by atoms with Gasteiger partial charge in [0.1, 0.15) is 0 Å². The van der Waals surface area contributed by atoms with Crippen molar-refractivity contribution in [1.82, 2.24) is 0 Å². The number of hydrogen-bond donors (Lipinski definition) is 0. The van der Waals surface area contributed by atoms with Gasteiger partial charge >= 0.3 is 0 Å². The number of fused-ring (bicyclic) bond motifs is 2. The monoisotopic (exact) mass is 358 g/mol. The minimum atomic E-state index is -0.261. The summed E-state index contributed by atoms with van der Waals surface area (Å²) in [5, 5.41) is 5.18. The molecular weight excluding hydrogens is 336 g/mol. The fourth-order valence-electron chi connectivity index (χ4n) is 4.55. The average molecular weight is 358 g/mol. The van der Waals surface area contributed by atoms with Crippen LogP contribution in [0.4, 0.5) is 0 Å².